The molecule has 1 amide bonds. The van der Waals surface area contributed by atoms with Crippen LogP contribution in [-0.2, 0) is 14.8 Å². The van der Waals surface area contributed by atoms with Crippen molar-refractivity contribution in [2.75, 3.05) is 37.6 Å². The lowest BCUT2D eigenvalue weighted by molar-refractivity contribution is -0.134. The number of sulfonamides is 1. The average Bonchev–Trinajstić information content (AvgIpc) is 3.50. The Kier molecular flexibility index (Phi) is 6.31. The highest BCUT2D eigenvalue weighted by atomic mass is 35.5. The van der Waals surface area contributed by atoms with E-state index in [4.69, 9.17) is 16.6 Å². The van der Waals surface area contributed by atoms with Crippen molar-refractivity contribution < 1.29 is 13.2 Å². The van der Waals surface area contributed by atoms with Gasteiger partial charge in [-0.15, -0.1) is 0 Å². The molecule has 0 bridgehead atoms. The molecule has 3 aromatic rings. The number of aromatic nitrogens is 1. The number of anilines is 1. The van der Waals surface area contributed by atoms with Gasteiger partial charge in [0, 0.05) is 37.7 Å². The van der Waals surface area contributed by atoms with Crippen molar-refractivity contribution in [3.8, 4) is 0 Å². The summed E-state index contributed by atoms with van der Waals surface area (Å²) in [4.78, 5) is 22.4. The van der Waals surface area contributed by atoms with Gasteiger partial charge in [0.15, 0.2) is 5.13 Å². The molecule has 5 rings (SSSR count). The summed E-state index contributed by atoms with van der Waals surface area (Å²) in [6.07, 6.45) is 1.22. The Morgan fingerprint density at radius 1 is 1.03 bits per heavy atom. The first-order valence-electron chi connectivity index (χ1n) is 11.4. The number of nitrogens with zero attached hydrogens (tertiary/aromatic N) is 4. The van der Waals surface area contributed by atoms with Gasteiger partial charge in [-0.05, 0) is 68.1 Å². The van der Waals surface area contributed by atoms with Crippen molar-refractivity contribution in [3.05, 3.63) is 52.5 Å². The van der Waals surface area contributed by atoms with Crippen LogP contribution in [0.5, 0.6) is 0 Å². The van der Waals surface area contributed by atoms with E-state index in [1.54, 1.807) is 28.4 Å². The van der Waals surface area contributed by atoms with Gasteiger partial charge in [0.2, 0.25) is 15.9 Å². The van der Waals surface area contributed by atoms with Crippen LogP contribution in [0.25, 0.3) is 10.2 Å². The molecule has 2 saturated heterocycles. The zero-order chi connectivity index (χ0) is 24.0. The van der Waals surface area contributed by atoms with E-state index in [9.17, 15) is 13.2 Å². The lowest BCUT2D eigenvalue weighted by Gasteiger charge is -2.37. The molecule has 1 atom stereocenters. The van der Waals surface area contributed by atoms with E-state index in [2.05, 4.69) is 30.9 Å². The number of fused-ring (bicyclic) bond motifs is 1. The first kappa shape index (κ1) is 23.5. The topological polar surface area (TPSA) is 73.8 Å². The minimum atomic E-state index is -3.76. The second-order valence-electron chi connectivity index (χ2n) is 8.89. The number of hydrogen-bond acceptors (Lipinski definition) is 6. The number of thiazole rings is 1. The molecule has 2 aliphatic rings. The molecule has 0 radical (unpaired) electrons. The summed E-state index contributed by atoms with van der Waals surface area (Å²) >= 11 is 7.60. The molecule has 180 valence electrons. The predicted molar refractivity (Wildman–Crippen MR) is 136 cm³/mol. The van der Waals surface area contributed by atoms with E-state index in [1.807, 2.05) is 0 Å². The summed E-state index contributed by atoms with van der Waals surface area (Å²) < 4.78 is 29.0. The largest absolute Gasteiger partial charge is 0.345 e. The zero-order valence-corrected chi connectivity index (χ0v) is 21.6. The molecule has 0 N–H and O–H groups in total. The second-order valence-corrected chi connectivity index (χ2v) is 12.2. The lowest BCUT2D eigenvalue weighted by Crippen LogP contribution is -2.54. The van der Waals surface area contributed by atoms with E-state index in [0.29, 0.717) is 50.6 Å². The Balaban J connectivity index is 1.28. The van der Waals surface area contributed by atoms with Gasteiger partial charge in [-0.1, -0.05) is 29.0 Å². The van der Waals surface area contributed by atoms with Crippen molar-refractivity contribution in [1.82, 2.24) is 14.2 Å². The third-order valence-electron chi connectivity index (χ3n) is 6.84. The molecule has 2 aliphatic heterocycles. The number of piperazine rings is 1. The number of aryl methyl sites for hydroxylation is 2. The molecule has 3 heterocycles. The van der Waals surface area contributed by atoms with E-state index >= 15 is 0 Å². The van der Waals surface area contributed by atoms with Crippen LogP contribution in [-0.4, -0.2) is 67.3 Å². The van der Waals surface area contributed by atoms with E-state index in [-0.39, 0.29) is 10.8 Å². The van der Waals surface area contributed by atoms with Gasteiger partial charge in [-0.25, -0.2) is 13.4 Å². The van der Waals surface area contributed by atoms with Crippen LogP contribution in [0.3, 0.4) is 0 Å². The fourth-order valence-electron chi connectivity index (χ4n) is 4.70. The third kappa shape index (κ3) is 4.19. The Hall–Kier alpha value is -2.20. The van der Waals surface area contributed by atoms with Crippen molar-refractivity contribution in [1.29, 1.82) is 0 Å². The number of halogens is 1. The highest BCUT2D eigenvalue weighted by Gasteiger charge is 2.41. The van der Waals surface area contributed by atoms with Crippen molar-refractivity contribution in [2.24, 2.45) is 0 Å². The molecule has 0 aliphatic carbocycles. The maximum atomic E-state index is 13.4. The normalized spacial score (nSPS) is 19.8. The number of hydrogen-bond donors (Lipinski definition) is 0. The standard InChI is InChI=1S/C24H27ClN4O3S2/c1-16-5-10-21-22(17(16)2)26-24(33-21)28-14-12-27(13-15-28)23(30)20-4-3-11-29(20)34(31,32)19-8-6-18(25)7-9-19/h5-10,20H,3-4,11-15H2,1-2H3. The molecule has 2 aromatic carbocycles. The Morgan fingerprint density at radius 2 is 1.74 bits per heavy atom. The summed E-state index contributed by atoms with van der Waals surface area (Å²) in [7, 11) is -3.76. The molecule has 1 aromatic heterocycles. The van der Waals surface area contributed by atoms with Gasteiger partial charge in [-0.2, -0.15) is 4.31 Å². The number of benzene rings is 2. The summed E-state index contributed by atoms with van der Waals surface area (Å²) in [5, 5.41) is 1.45. The molecular weight excluding hydrogens is 492 g/mol. The molecule has 1 unspecified atom stereocenters. The van der Waals surface area contributed by atoms with Crippen LogP contribution in [0.2, 0.25) is 5.02 Å². The summed E-state index contributed by atoms with van der Waals surface area (Å²) in [5.41, 5.74) is 3.49. The van der Waals surface area contributed by atoms with Crippen LogP contribution in [0.4, 0.5) is 5.13 Å². The van der Waals surface area contributed by atoms with Crippen LogP contribution in [0, 0.1) is 13.8 Å². The van der Waals surface area contributed by atoms with Gasteiger partial charge >= 0.3 is 0 Å². The summed E-state index contributed by atoms with van der Waals surface area (Å²) in [6, 6.07) is 9.71. The lowest BCUT2D eigenvalue weighted by atomic mass is 10.1. The maximum Gasteiger partial charge on any atom is 0.243 e. The fourth-order valence-corrected chi connectivity index (χ4v) is 7.55. The van der Waals surface area contributed by atoms with E-state index in [1.165, 1.54) is 32.3 Å². The molecule has 7 nitrogen and oxygen atoms in total. The van der Waals surface area contributed by atoms with Crippen LogP contribution in [0.1, 0.15) is 24.0 Å². The van der Waals surface area contributed by atoms with Gasteiger partial charge in [0.25, 0.3) is 0 Å². The zero-order valence-electron chi connectivity index (χ0n) is 19.2. The first-order chi connectivity index (χ1) is 16.3. The summed E-state index contributed by atoms with van der Waals surface area (Å²) in [5.74, 6) is -0.106. The number of rotatable bonds is 4. The minimum Gasteiger partial charge on any atom is -0.345 e. The Morgan fingerprint density at radius 3 is 2.44 bits per heavy atom. The van der Waals surface area contributed by atoms with Crippen molar-refractivity contribution in [3.63, 3.8) is 0 Å². The first-order valence-corrected chi connectivity index (χ1v) is 14.1. The van der Waals surface area contributed by atoms with Gasteiger partial charge in [-0.3, -0.25) is 4.79 Å². The SMILES string of the molecule is Cc1ccc2sc(N3CCN(C(=O)C4CCCN4S(=O)(=O)c4ccc(Cl)cc4)CC3)nc2c1C. The van der Waals surface area contributed by atoms with Crippen LogP contribution >= 0.6 is 22.9 Å². The molecule has 34 heavy (non-hydrogen) atoms. The monoisotopic (exact) mass is 518 g/mol. The Bertz CT molecular complexity index is 1330. The molecule has 2 fully saturated rings. The predicted octanol–water partition coefficient (Wildman–Crippen LogP) is 4.07. The smallest absolute Gasteiger partial charge is 0.243 e. The highest BCUT2D eigenvalue weighted by Crippen LogP contribution is 2.33. The molecule has 0 spiro atoms. The fraction of sp³-hybridized carbons (Fsp3) is 0.417. The second kappa shape index (κ2) is 9.11. The molecule has 0 saturated carbocycles. The quantitative estimate of drug-likeness (QED) is 0.520. The average molecular weight is 519 g/mol. The molecular formula is C24H27ClN4O3S2. The van der Waals surface area contributed by atoms with E-state index < -0.39 is 16.1 Å². The summed E-state index contributed by atoms with van der Waals surface area (Å²) in [6.45, 7) is 7.02. The van der Waals surface area contributed by atoms with Gasteiger partial charge < -0.3 is 9.80 Å². The third-order valence-corrected chi connectivity index (χ3v) is 10.1. The van der Waals surface area contributed by atoms with Crippen molar-refractivity contribution >= 4 is 54.2 Å². The van der Waals surface area contributed by atoms with Gasteiger partial charge in [0.1, 0.15) is 6.04 Å². The minimum absolute atomic E-state index is 0.106. The molecule has 10 heteroatoms. The van der Waals surface area contributed by atoms with Gasteiger partial charge in [0.05, 0.1) is 15.1 Å². The van der Waals surface area contributed by atoms with Crippen LogP contribution < -0.4 is 4.90 Å². The number of carbonyl (C=O) groups excluding carboxylic acids is 1. The van der Waals surface area contributed by atoms with Crippen molar-refractivity contribution in [2.45, 2.75) is 37.6 Å². The highest BCUT2D eigenvalue weighted by molar-refractivity contribution is 7.89. The number of carbonyl (C=O) groups is 1. The maximum absolute atomic E-state index is 13.4. The van der Waals surface area contributed by atoms with E-state index in [0.717, 1.165) is 10.6 Å². The Labute approximate surface area is 209 Å². The number of amides is 1. The van der Waals surface area contributed by atoms with Crippen LogP contribution in [0.15, 0.2) is 41.3 Å².